The molecule has 2 aromatic heterocycles. The van der Waals surface area contributed by atoms with Crippen molar-refractivity contribution in [3.63, 3.8) is 0 Å². The summed E-state index contributed by atoms with van der Waals surface area (Å²) >= 11 is 6.44. The molecule has 0 bridgehead atoms. The Kier molecular flexibility index (Phi) is 8.78. The van der Waals surface area contributed by atoms with Gasteiger partial charge in [-0.15, -0.1) is 0 Å². The fraction of sp³-hybridized carbons (Fsp3) is 0.444. The summed E-state index contributed by atoms with van der Waals surface area (Å²) in [5.41, 5.74) is 0. The van der Waals surface area contributed by atoms with Crippen molar-refractivity contribution in [3.05, 3.63) is 51.6 Å². The average molecular weight is 476 g/mol. The molecule has 2 aliphatic rings. The van der Waals surface area contributed by atoms with Gasteiger partial charge in [0.15, 0.2) is 0 Å². The fourth-order valence-corrected chi connectivity index (χ4v) is 2.06. The van der Waals surface area contributed by atoms with Gasteiger partial charge in [-0.3, -0.25) is 0 Å². The Bertz CT molecular complexity index is 597. The number of aliphatic hydroxyl groups excluding tert-OH is 1. The molecule has 0 atom stereocenters. The van der Waals surface area contributed by atoms with E-state index in [1.165, 1.54) is 37.9 Å². The van der Waals surface area contributed by atoms with Crippen LogP contribution in [0.15, 0.2) is 45.6 Å². The summed E-state index contributed by atoms with van der Waals surface area (Å²) in [6.45, 7) is 1.24. The first-order chi connectivity index (χ1) is 12.1. The largest absolute Gasteiger partial charge is 0.477 e. The summed E-state index contributed by atoms with van der Waals surface area (Å²) in [6, 6.07) is 6.72. The fourth-order valence-electron chi connectivity index (χ4n) is 1.59. The Morgan fingerprint density at radius 1 is 0.960 bits per heavy atom. The molecule has 4 rings (SSSR count). The van der Waals surface area contributed by atoms with Crippen LogP contribution < -0.4 is 4.74 Å². The summed E-state index contributed by atoms with van der Waals surface area (Å²) in [4.78, 5) is 7.47. The van der Waals surface area contributed by atoms with E-state index in [0.29, 0.717) is 12.5 Å². The second kappa shape index (κ2) is 10.8. The third-order valence-electron chi connectivity index (χ3n) is 3.51. The third kappa shape index (κ3) is 9.87. The summed E-state index contributed by atoms with van der Waals surface area (Å²) in [7, 11) is 0. The van der Waals surface area contributed by atoms with Gasteiger partial charge in [0.2, 0.25) is 11.8 Å². The first-order valence-electron chi connectivity index (χ1n) is 8.19. The van der Waals surface area contributed by atoms with Crippen molar-refractivity contribution in [2.24, 2.45) is 11.8 Å². The van der Waals surface area contributed by atoms with Gasteiger partial charge in [-0.05, 0) is 87.6 Å². The zero-order valence-electron chi connectivity index (χ0n) is 13.7. The van der Waals surface area contributed by atoms with Crippen LogP contribution in [0, 0.1) is 17.8 Å². The molecule has 0 aromatic carbocycles. The maximum Gasteiger partial charge on any atom is 0.213 e. The van der Waals surface area contributed by atoms with Gasteiger partial charge in [0, 0.05) is 34.0 Å². The monoisotopic (exact) mass is 474 g/mol. The van der Waals surface area contributed by atoms with Crippen LogP contribution in [-0.2, 0) is 0 Å². The van der Waals surface area contributed by atoms with Crippen molar-refractivity contribution >= 4 is 31.9 Å². The summed E-state index contributed by atoms with van der Waals surface area (Å²) < 4.78 is 19.2. The molecule has 2 aliphatic carbocycles. The summed E-state index contributed by atoms with van der Waals surface area (Å²) in [5, 5.41) is 8.21. The van der Waals surface area contributed by atoms with Gasteiger partial charge < -0.3 is 9.84 Å². The molecule has 0 spiro atoms. The Hall–Kier alpha value is -1.05. The lowest BCUT2D eigenvalue weighted by Gasteiger charge is -2.02. The summed E-state index contributed by atoms with van der Waals surface area (Å²) in [5.74, 6) is 1.75. The molecule has 2 saturated carbocycles. The van der Waals surface area contributed by atoms with Gasteiger partial charge >= 0.3 is 0 Å². The van der Waals surface area contributed by atoms with Crippen LogP contribution in [0.25, 0.3) is 0 Å². The first-order valence-corrected chi connectivity index (χ1v) is 9.77. The van der Waals surface area contributed by atoms with Crippen molar-refractivity contribution < 1.29 is 14.2 Å². The van der Waals surface area contributed by atoms with Gasteiger partial charge in [-0.1, -0.05) is 0 Å². The molecule has 2 heterocycles. The SMILES string of the molecule is Brc1ccc(OCC2CC2)nc1.Fc1ccc(Br)cn1.OCC1CC1. The molecule has 0 amide bonds. The standard InChI is InChI=1S/C9H10BrNO.C5H3BrFN.C4H8O/c10-8-3-4-9(11-5-8)12-6-7-1-2-7;6-4-1-2-5(7)8-3-4;5-3-4-1-2-4/h3-5,7H,1-2,6H2;1-3H;4-5H,1-3H2. The Labute approximate surface area is 164 Å². The van der Waals surface area contributed by atoms with Gasteiger partial charge in [-0.2, -0.15) is 4.39 Å². The van der Waals surface area contributed by atoms with Crippen molar-refractivity contribution in [2.75, 3.05) is 13.2 Å². The van der Waals surface area contributed by atoms with Crippen LogP contribution in [0.5, 0.6) is 5.88 Å². The number of aromatic nitrogens is 2. The molecule has 136 valence electrons. The number of ether oxygens (including phenoxy) is 1. The number of aliphatic hydroxyl groups is 1. The maximum atomic E-state index is 12.0. The highest BCUT2D eigenvalue weighted by Crippen LogP contribution is 2.29. The van der Waals surface area contributed by atoms with Crippen molar-refractivity contribution in [1.82, 2.24) is 9.97 Å². The zero-order valence-corrected chi connectivity index (χ0v) is 16.9. The van der Waals surface area contributed by atoms with Gasteiger partial charge in [0.25, 0.3) is 0 Å². The molecular weight excluding hydrogens is 455 g/mol. The van der Waals surface area contributed by atoms with E-state index < -0.39 is 5.95 Å². The molecule has 1 N–H and O–H groups in total. The highest BCUT2D eigenvalue weighted by molar-refractivity contribution is 9.10. The van der Waals surface area contributed by atoms with Crippen LogP contribution in [-0.4, -0.2) is 28.3 Å². The van der Waals surface area contributed by atoms with Crippen LogP contribution in [0.3, 0.4) is 0 Å². The second-order valence-electron chi connectivity index (χ2n) is 5.99. The molecule has 7 heteroatoms. The number of hydrogen-bond donors (Lipinski definition) is 1. The average Bonchev–Trinajstić information content (AvgIpc) is 3.51. The molecule has 0 radical (unpaired) electrons. The van der Waals surface area contributed by atoms with E-state index in [1.807, 2.05) is 12.1 Å². The molecule has 0 aliphatic heterocycles. The Morgan fingerprint density at radius 3 is 1.92 bits per heavy atom. The minimum absolute atomic E-state index is 0.417. The van der Waals surface area contributed by atoms with Crippen molar-refractivity contribution in [3.8, 4) is 5.88 Å². The lowest BCUT2D eigenvalue weighted by atomic mass is 10.4. The molecular formula is C18H21Br2FN2O2. The van der Waals surface area contributed by atoms with Crippen LogP contribution in [0.1, 0.15) is 25.7 Å². The maximum absolute atomic E-state index is 12.0. The van der Waals surface area contributed by atoms with Gasteiger partial charge in [0.05, 0.1) is 6.61 Å². The van der Waals surface area contributed by atoms with Crippen molar-refractivity contribution in [1.29, 1.82) is 0 Å². The number of pyridine rings is 2. The number of rotatable bonds is 4. The van der Waals surface area contributed by atoms with Gasteiger partial charge in [-0.25, -0.2) is 9.97 Å². The lowest BCUT2D eigenvalue weighted by Crippen LogP contribution is -1.99. The van der Waals surface area contributed by atoms with E-state index in [0.717, 1.165) is 27.4 Å². The summed E-state index contributed by atoms with van der Waals surface area (Å²) in [6.07, 6.45) is 8.32. The van der Waals surface area contributed by atoms with Crippen LogP contribution in [0.4, 0.5) is 4.39 Å². The zero-order chi connectivity index (χ0) is 18.1. The first kappa shape index (κ1) is 20.3. The molecule has 2 aromatic rings. The van der Waals surface area contributed by atoms with Crippen LogP contribution >= 0.6 is 31.9 Å². The molecule has 4 nitrogen and oxygen atoms in total. The third-order valence-corrected chi connectivity index (χ3v) is 4.45. The van der Waals surface area contributed by atoms with E-state index in [9.17, 15) is 4.39 Å². The van der Waals surface area contributed by atoms with E-state index in [-0.39, 0.29) is 0 Å². The number of halogens is 3. The molecule has 2 fully saturated rings. The smallest absolute Gasteiger partial charge is 0.213 e. The Balaban J connectivity index is 0.000000149. The number of nitrogens with zero attached hydrogens (tertiary/aromatic N) is 2. The van der Waals surface area contributed by atoms with Gasteiger partial charge in [0.1, 0.15) is 0 Å². The lowest BCUT2D eigenvalue weighted by molar-refractivity contribution is 0.277. The van der Waals surface area contributed by atoms with E-state index >= 15 is 0 Å². The van der Waals surface area contributed by atoms with Crippen LogP contribution in [0.2, 0.25) is 0 Å². The minimum Gasteiger partial charge on any atom is -0.477 e. The predicted octanol–water partition coefficient (Wildman–Crippen LogP) is 5.00. The molecule has 0 unspecified atom stereocenters. The molecule has 25 heavy (non-hydrogen) atoms. The van der Waals surface area contributed by atoms with E-state index in [1.54, 1.807) is 12.3 Å². The minimum atomic E-state index is -0.451. The Morgan fingerprint density at radius 2 is 1.56 bits per heavy atom. The topological polar surface area (TPSA) is 55.2 Å². The molecule has 0 saturated heterocycles. The van der Waals surface area contributed by atoms with E-state index in [2.05, 4.69) is 41.8 Å². The highest BCUT2D eigenvalue weighted by atomic mass is 79.9. The predicted molar refractivity (Wildman–Crippen MR) is 102 cm³/mol. The van der Waals surface area contributed by atoms with Crippen molar-refractivity contribution in [2.45, 2.75) is 25.7 Å². The quantitative estimate of drug-likeness (QED) is 0.632. The highest BCUT2D eigenvalue weighted by Gasteiger charge is 2.22. The van der Waals surface area contributed by atoms with E-state index in [4.69, 9.17) is 9.84 Å². The second-order valence-corrected chi connectivity index (χ2v) is 7.83. The normalized spacial score (nSPS) is 15.4. The number of hydrogen-bond acceptors (Lipinski definition) is 4.